The van der Waals surface area contributed by atoms with E-state index in [2.05, 4.69) is 42.3 Å². The molecule has 182 valence electrons. The summed E-state index contributed by atoms with van der Waals surface area (Å²) in [5.41, 5.74) is 0. The van der Waals surface area contributed by atoms with Crippen LogP contribution in [0.1, 0.15) is 155 Å². The Morgan fingerprint density at radius 1 is 0.548 bits per heavy atom. The van der Waals surface area contributed by atoms with Crippen LogP contribution in [0.25, 0.3) is 0 Å². The van der Waals surface area contributed by atoms with E-state index in [4.69, 9.17) is 0 Å². The van der Waals surface area contributed by atoms with Crippen molar-refractivity contribution in [1.29, 1.82) is 0 Å². The molecule has 2 heteroatoms. The molecular formula is C29H57N2+. The SMILES string of the molecule is CCCCCCCCCCCCCCC[n+]1ccn(CCCCCCCCCC)c1C. The van der Waals surface area contributed by atoms with Gasteiger partial charge < -0.3 is 0 Å². The minimum Gasteiger partial charge on any atom is -0.234 e. The third kappa shape index (κ3) is 15.6. The van der Waals surface area contributed by atoms with Crippen molar-refractivity contribution >= 4 is 0 Å². The zero-order valence-electron chi connectivity index (χ0n) is 21.8. The molecule has 0 fully saturated rings. The van der Waals surface area contributed by atoms with Gasteiger partial charge in [-0.25, -0.2) is 9.13 Å². The fourth-order valence-electron chi connectivity index (χ4n) is 4.73. The highest BCUT2D eigenvalue weighted by Crippen LogP contribution is 2.13. The summed E-state index contributed by atoms with van der Waals surface area (Å²) in [6.45, 7) is 9.30. The van der Waals surface area contributed by atoms with Crippen LogP contribution in [0.4, 0.5) is 0 Å². The predicted octanol–water partition coefficient (Wildman–Crippen LogP) is 9.32. The molecule has 2 nitrogen and oxygen atoms in total. The highest BCUT2D eigenvalue weighted by atomic mass is 15.1. The van der Waals surface area contributed by atoms with E-state index in [0.29, 0.717) is 0 Å². The number of hydrogen-bond donors (Lipinski definition) is 0. The summed E-state index contributed by atoms with van der Waals surface area (Å²) in [6.07, 6.45) is 34.5. The summed E-state index contributed by atoms with van der Waals surface area (Å²) in [6, 6.07) is 0. The molecule has 1 rings (SSSR count). The van der Waals surface area contributed by atoms with Crippen molar-refractivity contribution in [2.45, 2.75) is 169 Å². The van der Waals surface area contributed by atoms with Crippen molar-refractivity contribution in [2.24, 2.45) is 0 Å². The second-order valence-corrected chi connectivity index (χ2v) is 9.95. The molecular weight excluding hydrogens is 376 g/mol. The number of aryl methyl sites for hydroxylation is 2. The maximum atomic E-state index is 2.48. The third-order valence-electron chi connectivity index (χ3n) is 7.01. The lowest BCUT2D eigenvalue weighted by atomic mass is 10.0. The Hall–Kier alpha value is -0.790. The van der Waals surface area contributed by atoms with Gasteiger partial charge in [-0.05, 0) is 25.7 Å². The van der Waals surface area contributed by atoms with Crippen LogP contribution < -0.4 is 4.57 Å². The van der Waals surface area contributed by atoms with Gasteiger partial charge in [-0.2, -0.15) is 0 Å². The van der Waals surface area contributed by atoms with Crippen molar-refractivity contribution in [3.8, 4) is 0 Å². The first-order valence-electron chi connectivity index (χ1n) is 14.3. The molecule has 0 saturated carbocycles. The van der Waals surface area contributed by atoms with E-state index in [-0.39, 0.29) is 0 Å². The standard InChI is InChI=1S/C29H57N2/c1-4-6-8-10-12-14-15-16-17-18-20-22-24-26-31-28-27-30(29(31)3)25-23-21-19-13-11-9-7-5-2/h27-28H,4-26H2,1-3H3/q+1. The van der Waals surface area contributed by atoms with E-state index in [1.54, 1.807) is 0 Å². The number of nitrogens with zero attached hydrogens (tertiary/aromatic N) is 2. The van der Waals surface area contributed by atoms with Crippen molar-refractivity contribution in [1.82, 2.24) is 4.57 Å². The van der Waals surface area contributed by atoms with Crippen molar-refractivity contribution in [3.63, 3.8) is 0 Å². The Morgan fingerprint density at radius 2 is 0.935 bits per heavy atom. The molecule has 0 atom stereocenters. The smallest absolute Gasteiger partial charge is 0.234 e. The summed E-state index contributed by atoms with van der Waals surface area (Å²) in [7, 11) is 0. The minimum absolute atomic E-state index is 1.20. The normalized spacial score (nSPS) is 11.5. The van der Waals surface area contributed by atoms with Gasteiger partial charge in [0.05, 0.1) is 13.1 Å². The third-order valence-corrected chi connectivity index (χ3v) is 7.01. The second kappa shape index (κ2) is 21.1. The summed E-state index contributed by atoms with van der Waals surface area (Å²) >= 11 is 0. The lowest BCUT2D eigenvalue weighted by Gasteiger charge is -2.04. The predicted molar refractivity (Wildman–Crippen MR) is 138 cm³/mol. The first kappa shape index (κ1) is 28.2. The zero-order chi connectivity index (χ0) is 22.4. The average Bonchev–Trinajstić information content (AvgIpc) is 3.12. The highest BCUT2D eigenvalue weighted by Gasteiger charge is 2.11. The van der Waals surface area contributed by atoms with Gasteiger partial charge in [0.25, 0.3) is 5.82 Å². The van der Waals surface area contributed by atoms with E-state index >= 15 is 0 Å². The first-order valence-corrected chi connectivity index (χ1v) is 14.3. The topological polar surface area (TPSA) is 8.81 Å². The maximum Gasteiger partial charge on any atom is 0.253 e. The molecule has 0 unspecified atom stereocenters. The van der Waals surface area contributed by atoms with Crippen LogP contribution in [0.15, 0.2) is 12.4 Å². The molecule has 1 aromatic heterocycles. The van der Waals surface area contributed by atoms with Gasteiger partial charge in [-0.15, -0.1) is 0 Å². The fraction of sp³-hybridized carbons (Fsp3) is 0.897. The zero-order valence-corrected chi connectivity index (χ0v) is 21.8. The molecule has 0 aliphatic heterocycles. The Kier molecular flexibility index (Phi) is 19.2. The molecule has 0 amide bonds. The fourth-order valence-corrected chi connectivity index (χ4v) is 4.73. The lowest BCUT2D eigenvalue weighted by molar-refractivity contribution is -0.702. The summed E-state index contributed by atoms with van der Waals surface area (Å²) in [4.78, 5) is 0. The first-order chi connectivity index (χ1) is 15.3. The van der Waals surface area contributed by atoms with E-state index in [1.165, 1.54) is 154 Å². The molecule has 1 heterocycles. The van der Waals surface area contributed by atoms with Crippen LogP contribution >= 0.6 is 0 Å². The Labute approximate surface area is 196 Å². The molecule has 0 radical (unpaired) electrons. The molecule has 0 aliphatic carbocycles. The summed E-state index contributed by atoms with van der Waals surface area (Å²) in [5.74, 6) is 1.45. The molecule has 1 aromatic rings. The van der Waals surface area contributed by atoms with Crippen LogP contribution in [0.3, 0.4) is 0 Å². The molecule has 0 bridgehead atoms. The summed E-state index contributed by atoms with van der Waals surface area (Å²) < 4.78 is 4.95. The van der Waals surface area contributed by atoms with Crippen LogP contribution in [-0.2, 0) is 13.1 Å². The molecule has 31 heavy (non-hydrogen) atoms. The van der Waals surface area contributed by atoms with Crippen LogP contribution in [0, 0.1) is 6.92 Å². The van der Waals surface area contributed by atoms with Gasteiger partial charge in [0.1, 0.15) is 12.4 Å². The number of imidazole rings is 1. The Balaban J connectivity index is 1.94. The Morgan fingerprint density at radius 3 is 1.39 bits per heavy atom. The van der Waals surface area contributed by atoms with Crippen LogP contribution in [-0.4, -0.2) is 4.57 Å². The van der Waals surface area contributed by atoms with Gasteiger partial charge in [0, 0.05) is 6.92 Å². The van der Waals surface area contributed by atoms with Gasteiger partial charge in [-0.1, -0.05) is 123 Å². The van der Waals surface area contributed by atoms with Gasteiger partial charge >= 0.3 is 0 Å². The quantitative estimate of drug-likeness (QED) is 0.120. The van der Waals surface area contributed by atoms with E-state index < -0.39 is 0 Å². The number of aromatic nitrogens is 2. The van der Waals surface area contributed by atoms with Crippen molar-refractivity contribution in [3.05, 3.63) is 18.2 Å². The van der Waals surface area contributed by atoms with E-state index in [1.807, 2.05) is 0 Å². The van der Waals surface area contributed by atoms with Crippen molar-refractivity contribution < 1.29 is 4.57 Å². The molecule has 0 aromatic carbocycles. The van der Waals surface area contributed by atoms with E-state index in [9.17, 15) is 0 Å². The number of unbranched alkanes of at least 4 members (excludes halogenated alkanes) is 19. The van der Waals surface area contributed by atoms with Crippen LogP contribution in [0.5, 0.6) is 0 Å². The van der Waals surface area contributed by atoms with Gasteiger partial charge in [0.2, 0.25) is 0 Å². The molecule has 0 saturated heterocycles. The number of rotatable bonds is 23. The molecule has 0 aliphatic rings. The van der Waals surface area contributed by atoms with Gasteiger partial charge in [-0.3, -0.25) is 0 Å². The lowest BCUT2D eigenvalue weighted by Crippen LogP contribution is -2.35. The second-order valence-electron chi connectivity index (χ2n) is 9.95. The largest absolute Gasteiger partial charge is 0.253 e. The highest BCUT2D eigenvalue weighted by molar-refractivity contribution is 4.79. The monoisotopic (exact) mass is 433 g/mol. The molecule has 0 N–H and O–H groups in total. The summed E-state index contributed by atoms with van der Waals surface area (Å²) in [5, 5.41) is 0. The maximum absolute atomic E-state index is 2.48. The molecule has 0 spiro atoms. The van der Waals surface area contributed by atoms with Crippen molar-refractivity contribution in [2.75, 3.05) is 0 Å². The average molecular weight is 434 g/mol. The van der Waals surface area contributed by atoms with Crippen LogP contribution in [0.2, 0.25) is 0 Å². The van der Waals surface area contributed by atoms with E-state index in [0.717, 1.165) is 0 Å². The minimum atomic E-state index is 1.20. The van der Waals surface area contributed by atoms with Gasteiger partial charge in [0.15, 0.2) is 0 Å². The Bertz CT molecular complexity index is 491. The number of hydrogen-bond acceptors (Lipinski definition) is 0.